The molecule has 1 saturated heterocycles. The van der Waals surface area contributed by atoms with Gasteiger partial charge in [0, 0.05) is 18.7 Å². The predicted molar refractivity (Wildman–Crippen MR) is 68.1 cm³/mol. The number of rotatable bonds is 2. The summed E-state index contributed by atoms with van der Waals surface area (Å²) >= 11 is 6.24. The van der Waals surface area contributed by atoms with Gasteiger partial charge in [0.25, 0.3) is 0 Å². The van der Waals surface area contributed by atoms with Crippen LogP contribution in [0, 0.1) is 0 Å². The van der Waals surface area contributed by atoms with Gasteiger partial charge in [-0.3, -0.25) is 0 Å². The number of aliphatic hydroxyl groups is 1. The van der Waals surface area contributed by atoms with E-state index in [0.29, 0.717) is 0 Å². The highest BCUT2D eigenvalue weighted by Gasteiger charge is 2.15. The molecule has 88 valence electrons. The Labute approximate surface area is 102 Å². The monoisotopic (exact) mass is 239 g/mol. The van der Waals surface area contributed by atoms with Gasteiger partial charge in [0.05, 0.1) is 17.3 Å². The van der Waals surface area contributed by atoms with Crippen LogP contribution in [-0.4, -0.2) is 18.2 Å². The lowest BCUT2D eigenvalue weighted by atomic mass is 10.1. The summed E-state index contributed by atoms with van der Waals surface area (Å²) in [4.78, 5) is 2.32. The molecule has 0 aromatic heterocycles. The largest absolute Gasteiger partial charge is 0.392 e. The van der Waals surface area contributed by atoms with Crippen LogP contribution in [0.4, 0.5) is 5.69 Å². The van der Waals surface area contributed by atoms with Crippen LogP contribution in [0.2, 0.25) is 5.02 Å². The lowest BCUT2D eigenvalue weighted by Gasteiger charge is -2.26. The van der Waals surface area contributed by atoms with Crippen LogP contribution in [-0.2, 0) is 6.61 Å². The average molecular weight is 240 g/mol. The Morgan fingerprint density at radius 3 is 2.44 bits per heavy atom. The number of halogens is 1. The number of anilines is 1. The van der Waals surface area contributed by atoms with E-state index in [2.05, 4.69) is 4.90 Å². The molecular formula is C13H18ClNO. The summed E-state index contributed by atoms with van der Waals surface area (Å²) in [6.07, 6.45) is 5.04. The zero-order valence-electron chi connectivity index (χ0n) is 9.45. The van der Waals surface area contributed by atoms with Gasteiger partial charge >= 0.3 is 0 Å². The molecule has 1 aromatic carbocycles. The Hall–Kier alpha value is -0.730. The minimum absolute atomic E-state index is 0.0619. The first-order chi connectivity index (χ1) is 7.83. The molecule has 1 N–H and O–H groups in total. The van der Waals surface area contributed by atoms with Crippen LogP contribution in [0.15, 0.2) is 18.2 Å². The van der Waals surface area contributed by atoms with Crippen molar-refractivity contribution in [3.05, 3.63) is 28.8 Å². The quantitative estimate of drug-likeness (QED) is 0.857. The normalized spacial score (nSPS) is 17.2. The van der Waals surface area contributed by atoms with Crippen LogP contribution in [0.25, 0.3) is 0 Å². The van der Waals surface area contributed by atoms with E-state index in [1.165, 1.54) is 25.7 Å². The summed E-state index contributed by atoms with van der Waals surface area (Å²) in [5.41, 5.74) is 1.97. The fourth-order valence-corrected chi connectivity index (χ4v) is 2.65. The third-order valence-corrected chi connectivity index (χ3v) is 3.47. The van der Waals surface area contributed by atoms with E-state index in [0.717, 1.165) is 29.4 Å². The third-order valence-electron chi connectivity index (χ3n) is 3.16. The van der Waals surface area contributed by atoms with Crippen molar-refractivity contribution >= 4 is 17.3 Å². The highest BCUT2D eigenvalue weighted by atomic mass is 35.5. The molecule has 0 saturated carbocycles. The Morgan fingerprint density at radius 1 is 1.12 bits per heavy atom. The number of benzene rings is 1. The molecule has 0 atom stereocenters. The topological polar surface area (TPSA) is 23.5 Å². The maximum Gasteiger partial charge on any atom is 0.0702 e. The maximum absolute atomic E-state index is 9.36. The number of hydrogen-bond donors (Lipinski definition) is 1. The van der Waals surface area contributed by atoms with Crippen molar-refractivity contribution in [2.75, 3.05) is 18.0 Å². The first-order valence-corrected chi connectivity index (χ1v) is 6.34. The molecule has 1 heterocycles. The van der Waals surface area contributed by atoms with Gasteiger partial charge in [-0.05, 0) is 18.9 Å². The van der Waals surface area contributed by atoms with Gasteiger partial charge in [-0.15, -0.1) is 0 Å². The molecule has 0 bridgehead atoms. The summed E-state index contributed by atoms with van der Waals surface area (Å²) in [5, 5.41) is 10.1. The molecule has 1 aromatic rings. The Kier molecular flexibility index (Phi) is 4.08. The van der Waals surface area contributed by atoms with Crippen molar-refractivity contribution in [1.29, 1.82) is 0 Å². The molecule has 2 rings (SSSR count). The average Bonchev–Trinajstić information content (AvgIpc) is 2.57. The summed E-state index contributed by atoms with van der Waals surface area (Å²) < 4.78 is 0. The van der Waals surface area contributed by atoms with E-state index in [-0.39, 0.29) is 6.61 Å². The molecule has 2 nitrogen and oxygen atoms in total. The van der Waals surface area contributed by atoms with Crippen LogP contribution >= 0.6 is 11.6 Å². The molecule has 0 aliphatic carbocycles. The molecule has 1 aliphatic heterocycles. The van der Waals surface area contributed by atoms with Gasteiger partial charge in [0.1, 0.15) is 0 Å². The fourth-order valence-electron chi connectivity index (χ4n) is 2.34. The number of aliphatic hydroxyl groups excluding tert-OH is 1. The molecule has 16 heavy (non-hydrogen) atoms. The number of hydrogen-bond acceptors (Lipinski definition) is 2. The molecule has 0 unspecified atom stereocenters. The second-order valence-corrected chi connectivity index (χ2v) is 4.71. The Morgan fingerprint density at radius 2 is 1.81 bits per heavy atom. The first kappa shape index (κ1) is 11.7. The van der Waals surface area contributed by atoms with Crippen LogP contribution < -0.4 is 4.90 Å². The zero-order valence-corrected chi connectivity index (χ0v) is 10.2. The highest BCUT2D eigenvalue weighted by Crippen LogP contribution is 2.31. The van der Waals surface area contributed by atoms with E-state index < -0.39 is 0 Å². The van der Waals surface area contributed by atoms with E-state index in [9.17, 15) is 5.11 Å². The van der Waals surface area contributed by atoms with Crippen molar-refractivity contribution in [2.24, 2.45) is 0 Å². The Balaban J connectivity index is 2.29. The highest BCUT2D eigenvalue weighted by molar-refractivity contribution is 6.33. The molecule has 3 heteroatoms. The van der Waals surface area contributed by atoms with Crippen molar-refractivity contribution in [1.82, 2.24) is 0 Å². The van der Waals surface area contributed by atoms with Gasteiger partial charge in [0.15, 0.2) is 0 Å². The second kappa shape index (κ2) is 5.55. The molecule has 1 fully saturated rings. The number of nitrogens with zero attached hydrogens (tertiary/aromatic N) is 1. The summed E-state index contributed by atoms with van der Waals surface area (Å²) in [5.74, 6) is 0. The SMILES string of the molecule is OCc1cccc(Cl)c1N1CCCCCC1. The third kappa shape index (κ3) is 2.50. The van der Waals surface area contributed by atoms with Crippen molar-refractivity contribution in [3.8, 4) is 0 Å². The summed E-state index contributed by atoms with van der Waals surface area (Å²) in [6.45, 7) is 2.17. The fraction of sp³-hybridized carbons (Fsp3) is 0.538. The molecule has 0 radical (unpaired) electrons. The predicted octanol–water partition coefficient (Wildman–Crippen LogP) is 3.21. The molecular weight excluding hydrogens is 222 g/mol. The van der Waals surface area contributed by atoms with E-state index in [4.69, 9.17) is 11.6 Å². The maximum atomic E-state index is 9.36. The van der Waals surface area contributed by atoms with E-state index in [1.54, 1.807) is 0 Å². The van der Waals surface area contributed by atoms with Crippen molar-refractivity contribution in [3.63, 3.8) is 0 Å². The van der Waals surface area contributed by atoms with Gasteiger partial charge in [0.2, 0.25) is 0 Å². The lowest BCUT2D eigenvalue weighted by Crippen LogP contribution is -2.25. The summed E-state index contributed by atoms with van der Waals surface area (Å²) in [6, 6.07) is 5.75. The van der Waals surface area contributed by atoms with Crippen LogP contribution in [0.3, 0.4) is 0 Å². The number of para-hydroxylation sites is 1. The second-order valence-electron chi connectivity index (χ2n) is 4.31. The smallest absolute Gasteiger partial charge is 0.0702 e. The zero-order chi connectivity index (χ0) is 11.4. The standard InChI is InChI=1S/C13H18ClNO/c14-12-7-5-6-11(10-16)13(12)15-8-3-1-2-4-9-15/h5-7,16H,1-4,8-10H2. The van der Waals surface area contributed by atoms with E-state index in [1.807, 2.05) is 18.2 Å². The van der Waals surface area contributed by atoms with Crippen molar-refractivity contribution in [2.45, 2.75) is 32.3 Å². The minimum Gasteiger partial charge on any atom is -0.392 e. The lowest BCUT2D eigenvalue weighted by molar-refractivity contribution is 0.282. The Bertz CT molecular complexity index is 346. The van der Waals surface area contributed by atoms with Crippen LogP contribution in [0.1, 0.15) is 31.2 Å². The van der Waals surface area contributed by atoms with Crippen molar-refractivity contribution < 1.29 is 5.11 Å². The van der Waals surface area contributed by atoms with Gasteiger partial charge < -0.3 is 10.0 Å². The van der Waals surface area contributed by atoms with Gasteiger partial charge in [-0.1, -0.05) is 36.6 Å². The molecule has 1 aliphatic rings. The van der Waals surface area contributed by atoms with Gasteiger partial charge in [-0.2, -0.15) is 0 Å². The van der Waals surface area contributed by atoms with Crippen LogP contribution in [0.5, 0.6) is 0 Å². The van der Waals surface area contributed by atoms with Gasteiger partial charge in [-0.25, -0.2) is 0 Å². The molecule has 0 spiro atoms. The first-order valence-electron chi connectivity index (χ1n) is 5.96. The van der Waals surface area contributed by atoms with E-state index >= 15 is 0 Å². The minimum atomic E-state index is 0.0619. The summed E-state index contributed by atoms with van der Waals surface area (Å²) in [7, 11) is 0. The molecule has 0 amide bonds.